The van der Waals surface area contributed by atoms with Crippen molar-refractivity contribution in [1.82, 2.24) is 14.0 Å². The summed E-state index contributed by atoms with van der Waals surface area (Å²) in [5.74, 6) is -0.378. The summed E-state index contributed by atoms with van der Waals surface area (Å²) in [6, 6.07) is 9.64. The van der Waals surface area contributed by atoms with Gasteiger partial charge in [-0.15, -0.1) is 0 Å². The van der Waals surface area contributed by atoms with Crippen molar-refractivity contribution in [2.75, 3.05) is 11.4 Å². The fourth-order valence-electron chi connectivity index (χ4n) is 2.60. The highest BCUT2D eigenvalue weighted by molar-refractivity contribution is 6.12. The molecule has 0 bridgehead atoms. The molecule has 0 N–H and O–H groups in total. The lowest BCUT2D eigenvalue weighted by molar-refractivity contribution is -0.125. The molecule has 124 valence electrons. The summed E-state index contributed by atoms with van der Waals surface area (Å²) in [7, 11) is 2.87. The van der Waals surface area contributed by atoms with Crippen LogP contribution in [0.5, 0.6) is 0 Å². The van der Waals surface area contributed by atoms with Crippen LogP contribution in [0.25, 0.3) is 0 Å². The minimum atomic E-state index is -0.503. The second kappa shape index (κ2) is 5.80. The Morgan fingerprint density at radius 1 is 0.958 bits per heavy atom. The molecule has 0 saturated carbocycles. The molecule has 3 amide bonds. The second-order valence-electron chi connectivity index (χ2n) is 5.56. The van der Waals surface area contributed by atoms with Gasteiger partial charge in [-0.25, -0.2) is 9.59 Å². The number of rotatable bonds is 3. The number of aromatic nitrogens is 2. The van der Waals surface area contributed by atoms with Crippen molar-refractivity contribution in [2.45, 2.75) is 6.54 Å². The molecule has 1 aliphatic heterocycles. The van der Waals surface area contributed by atoms with E-state index >= 15 is 0 Å². The molecule has 0 atom stereocenters. The minimum Gasteiger partial charge on any atom is -0.299 e. The van der Waals surface area contributed by atoms with E-state index in [0.29, 0.717) is 11.4 Å². The molecule has 1 fully saturated rings. The van der Waals surface area contributed by atoms with Crippen LogP contribution in [0.15, 0.2) is 46.0 Å². The number of amides is 3. The Bertz CT molecular complexity index is 929. The molecule has 2 aromatic rings. The van der Waals surface area contributed by atoms with Gasteiger partial charge < -0.3 is 0 Å². The third-order valence-corrected chi connectivity index (χ3v) is 4.07. The lowest BCUT2D eigenvalue weighted by Crippen LogP contribution is -2.40. The van der Waals surface area contributed by atoms with E-state index in [0.717, 1.165) is 9.47 Å². The van der Waals surface area contributed by atoms with E-state index < -0.39 is 17.3 Å². The van der Waals surface area contributed by atoms with Crippen molar-refractivity contribution < 1.29 is 9.59 Å². The molecule has 8 heteroatoms. The van der Waals surface area contributed by atoms with Gasteiger partial charge in [-0.1, -0.05) is 18.2 Å². The lowest BCUT2D eigenvalue weighted by Gasteiger charge is -2.18. The van der Waals surface area contributed by atoms with Crippen LogP contribution in [0.2, 0.25) is 0 Å². The van der Waals surface area contributed by atoms with Gasteiger partial charge in [0.15, 0.2) is 0 Å². The number of benzene rings is 1. The first kappa shape index (κ1) is 15.7. The number of imide groups is 1. The van der Waals surface area contributed by atoms with Crippen LogP contribution in [-0.4, -0.2) is 32.5 Å². The molecule has 0 spiro atoms. The van der Waals surface area contributed by atoms with E-state index in [1.165, 1.54) is 29.6 Å². The highest BCUT2D eigenvalue weighted by atomic mass is 16.2. The predicted molar refractivity (Wildman–Crippen MR) is 86.7 cm³/mol. The van der Waals surface area contributed by atoms with Gasteiger partial charge in [0.1, 0.15) is 6.54 Å². The number of nitrogens with zero attached hydrogens (tertiary/aromatic N) is 4. The summed E-state index contributed by atoms with van der Waals surface area (Å²) in [6.45, 7) is -0.190. The summed E-state index contributed by atoms with van der Waals surface area (Å²) in [4.78, 5) is 50.9. The quantitative estimate of drug-likeness (QED) is 0.746. The first-order chi connectivity index (χ1) is 11.4. The standard InChI is InChI=1S/C16H16N4O4/c1-17-12(8-13(21)18(2)15(17)23)9-20-14(22)10-19(16(20)24)11-6-4-3-5-7-11/h3-8H,9-10H2,1-2H3. The predicted octanol–water partition coefficient (Wildman–Crippen LogP) is 0.0528. The number of hydrogen-bond acceptors (Lipinski definition) is 4. The number of para-hydroxylation sites is 1. The second-order valence-corrected chi connectivity index (χ2v) is 5.56. The van der Waals surface area contributed by atoms with E-state index in [1.807, 2.05) is 6.07 Å². The molecule has 1 aromatic carbocycles. The van der Waals surface area contributed by atoms with E-state index in [-0.39, 0.29) is 19.0 Å². The molecule has 2 heterocycles. The Morgan fingerprint density at radius 3 is 2.29 bits per heavy atom. The van der Waals surface area contributed by atoms with Crippen LogP contribution in [0.3, 0.4) is 0 Å². The SMILES string of the molecule is Cn1c(CN2C(=O)CN(c3ccccc3)C2=O)cc(=O)n(C)c1=O. The third-order valence-electron chi connectivity index (χ3n) is 4.07. The van der Waals surface area contributed by atoms with Gasteiger partial charge >= 0.3 is 11.7 Å². The van der Waals surface area contributed by atoms with Gasteiger partial charge in [0.05, 0.1) is 6.54 Å². The molecule has 0 unspecified atom stereocenters. The zero-order chi connectivity index (χ0) is 17.4. The van der Waals surface area contributed by atoms with Crippen LogP contribution in [0.1, 0.15) is 5.69 Å². The molecule has 1 aliphatic rings. The largest absolute Gasteiger partial charge is 0.332 e. The summed E-state index contributed by atoms with van der Waals surface area (Å²) < 4.78 is 2.22. The number of hydrogen-bond donors (Lipinski definition) is 0. The topological polar surface area (TPSA) is 84.6 Å². The molecular weight excluding hydrogens is 312 g/mol. The maximum absolute atomic E-state index is 12.5. The fourth-order valence-corrected chi connectivity index (χ4v) is 2.60. The van der Waals surface area contributed by atoms with Gasteiger partial charge in [0, 0.05) is 31.5 Å². The van der Waals surface area contributed by atoms with Crippen LogP contribution in [0.4, 0.5) is 10.5 Å². The van der Waals surface area contributed by atoms with Gasteiger partial charge in [-0.2, -0.15) is 0 Å². The van der Waals surface area contributed by atoms with Crippen molar-refractivity contribution in [3.63, 3.8) is 0 Å². The summed E-state index contributed by atoms with van der Waals surface area (Å²) >= 11 is 0. The lowest BCUT2D eigenvalue weighted by atomic mass is 10.3. The Morgan fingerprint density at radius 2 is 1.62 bits per heavy atom. The van der Waals surface area contributed by atoms with E-state index in [4.69, 9.17) is 0 Å². The van der Waals surface area contributed by atoms with E-state index in [9.17, 15) is 19.2 Å². The van der Waals surface area contributed by atoms with Crippen molar-refractivity contribution in [2.24, 2.45) is 14.1 Å². The molecule has 0 radical (unpaired) electrons. The van der Waals surface area contributed by atoms with Crippen molar-refractivity contribution >= 4 is 17.6 Å². The zero-order valence-electron chi connectivity index (χ0n) is 13.3. The maximum atomic E-state index is 12.5. The molecule has 24 heavy (non-hydrogen) atoms. The first-order valence-electron chi connectivity index (χ1n) is 7.33. The third kappa shape index (κ3) is 2.51. The van der Waals surface area contributed by atoms with Gasteiger partial charge in [-0.3, -0.25) is 28.5 Å². The van der Waals surface area contributed by atoms with Crippen LogP contribution in [-0.2, 0) is 25.4 Å². The van der Waals surface area contributed by atoms with Crippen LogP contribution < -0.4 is 16.1 Å². The van der Waals surface area contributed by atoms with Crippen LogP contribution >= 0.6 is 0 Å². The number of anilines is 1. The van der Waals surface area contributed by atoms with Crippen molar-refractivity contribution in [3.8, 4) is 0 Å². The monoisotopic (exact) mass is 328 g/mol. The molecule has 1 aromatic heterocycles. The van der Waals surface area contributed by atoms with Gasteiger partial charge in [-0.05, 0) is 12.1 Å². The Balaban J connectivity index is 1.92. The van der Waals surface area contributed by atoms with Gasteiger partial charge in [0.25, 0.3) is 11.5 Å². The van der Waals surface area contributed by atoms with E-state index in [2.05, 4.69) is 0 Å². The van der Waals surface area contributed by atoms with Crippen molar-refractivity contribution in [3.05, 3.63) is 62.9 Å². The molecule has 1 saturated heterocycles. The average Bonchev–Trinajstić information content (AvgIpc) is 2.86. The average molecular weight is 328 g/mol. The van der Waals surface area contributed by atoms with Crippen molar-refractivity contribution in [1.29, 1.82) is 0 Å². The highest BCUT2D eigenvalue weighted by Gasteiger charge is 2.37. The minimum absolute atomic E-state index is 0.0678. The highest BCUT2D eigenvalue weighted by Crippen LogP contribution is 2.21. The molecule has 0 aliphatic carbocycles. The summed E-state index contributed by atoms with van der Waals surface area (Å²) in [6.07, 6.45) is 0. The Labute approximate surface area is 137 Å². The molecular formula is C16H16N4O4. The smallest absolute Gasteiger partial charge is 0.299 e. The summed E-state index contributed by atoms with van der Waals surface area (Å²) in [5.41, 5.74) is -0.0560. The number of carbonyl (C=O) groups is 2. The first-order valence-corrected chi connectivity index (χ1v) is 7.33. The summed E-state index contributed by atoms with van der Waals surface area (Å²) in [5, 5.41) is 0. The Hall–Kier alpha value is -3.16. The van der Waals surface area contributed by atoms with E-state index in [1.54, 1.807) is 24.3 Å². The zero-order valence-corrected chi connectivity index (χ0v) is 13.3. The number of carbonyl (C=O) groups excluding carboxylic acids is 2. The van der Waals surface area contributed by atoms with Crippen LogP contribution in [0, 0.1) is 0 Å². The Kier molecular flexibility index (Phi) is 3.80. The molecule has 8 nitrogen and oxygen atoms in total. The maximum Gasteiger partial charge on any atom is 0.332 e. The normalized spacial score (nSPS) is 14.6. The fraction of sp³-hybridized carbons (Fsp3) is 0.250. The molecule has 3 rings (SSSR count). The number of urea groups is 1. The van der Waals surface area contributed by atoms with Gasteiger partial charge in [0.2, 0.25) is 0 Å².